The minimum atomic E-state index is -1.28. The SMILES string of the molecule is CCOC(=O)c1cn(C2CC2)c2c(OC[C@@H]3C[C@@H](C(C)(C)O[Si]C(C)(C)C)CN3C(=O)OC(C)(C)C)c(F)c(F)cc2c1=O. The summed E-state index contributed by atoms with van der Waals surface area (Å²) in [5.41, 5.74) is -2.29. The van der Waals surface area contributed by atoms with Crippen molar-refractivity contribution < 1.29 is 37.0 Å². The fraction of sp³-hybridized carbons (Fsp3) is 0.656. The number of halogens is 2. The molecular weight excluding hydrogens is 590 g/mol. The predicted molar refractivity (Wildman–Crippen MR) is 163 cm³/mol. The van der Waals surface area contributed by atoms with Gasteiger partial charge in [0.05, 0.1) is 29.2 Å². The van der Waals surface area contributed by atoms with E-state index in [2.05, 4.69) is 20.8 Å². The number of hydrogen-bond acceptors (Lipinski definition) is 7. The van der Waals surface area contributed by atoms with Crippen molar-refractivity contribution in [3.63, 3.8) is 0 Å². The predicted octanol–water partition coefficient (Wildman–Crippen LogP) is 6.43. The lowest BCUT2D eigenvalue weighted by Crippen LogP contribution is -2.43. The Labute approximate surface area is 260 Å². The van der Waals surface area contributed by atoms with Gasteiger partial charge in [0.15, 0.2) is 11.6 Å². The number of carbonyl (C=O) groups is 2. The van der Waals surface area contributed by atoms with Crippen molar-refractivity contribution in [2.75, 3.05) is 19.8 Å². The molecule has 1 saturated carbocycles. The van der Waals surface area contributed by atoms with Gasteiger partial charge >= 0.3 is 12.1 Å². The second-order valence-electron chi connectivity index (χ2n) is 14.2. The van der Waals surface area contributed by atoms with Crippen LogP contribution in [0.2, 0.25) is 5.04 Å². The van der Waals surface area contributed by atoms with Crippen LogP contribution in [0, 0.1) is 17.6 Å². The number of nitrogens with zero attached hydrogens (tertiary/aromatic N) is 2. The summed E-state index contributed by atoms with van der Waals surface area (Å²) >= 11 is 0. The van der Waals surface area contributed by atoms with E-state index >= 15 is 4.39 Å². The summed E-state index contributed by atoms with van der Waals surface area (Å²) in [7, 11) is 0.228. The van der Waals surface area contributed by atoms with Gasteiger partial charge in [0.25, 0.3) is 0 Å². The maximum absolute atomic E-state index is 15.5. The molecule has 12 heteroatoms. The number of fused-ring (bicyclic) bond motifs is 1. The molecule has 2 fully saturated rings. The van der Waals surface area contributed by atoms with Crippen LogP contribution < -0.4 is 10.2 Å². The molecular formula is C32H44F2N2O7Si. The molecule has 1 aliphatic heterocycles. The number of amides is 1. The van der Waals surface area contributed by atoms with Crippen LogP contribution in [-0.2, 0) is 13.9 Å². The van der Waals surface area contributed by atoms with E-state index in [4.69, 9.17) is 18.6 Å². The summed E-state index contributed by atoms with van der Waals surface area (Å²) in [4.78, 5) is 40.8. The highest BCUT2D eigenvalue weighted by Crippen LogP contribution is 2.42. The third kappa shape index (κ3) is 7.62. The molecule has 0 N–H and O–H groups in total. The van der Waals surface area contributed by atoms with Gasteiger partial charge in [-0.1, -0.05) is 20.8 Å². The van der Waals surface area contributed by atoms with Crippen molar-refractivity contribution in [3.05, 3.63) is 39.7 Å². The second-order valence-corrected chi connectivity index (χ2v) is 16.1. The van der Waals surface area contributed by atoms with E-state index < -0.39 is 52.1 Å². The number of rotatable bonds is 9. The molecule has 1 amide bonds. The van der Waals surface area contributed by atoms with E-state index in [1.54, 1.807) is 37.2 Å². The Morgan fingerprint density at radius 3 is 2.30 bits per heavy atom. The lowest BCUT2D eigenvalue weighted by Gasteiger charge is -2.34. The van der Waals surface area contributed by atoms with Crippen molar-refractivity contribution in [3.8, 4) is 5.75 Å². The van der Waals surface area contributed by atoms with Gasteiger partial charge in [-0.05, 0) is 71.9 Å². The van der Waals surface area contributed by atoms with Crippen molar-refractivity contribution in [1.29, 1.82) is 0 Å². The van der Waals surface area contributed by atoms with E-state index in [0.717, 1.165) is 18.9 Å². The summed E-state index contributed by atoms with van der Waals surface area (Å²) < 4.78 is 55.2. The van der Waals surface area contributed by atoms with E-state index in [9.17, 15) is 18.8 Å². The number of esters is 1. The van der Waals surface area contributed by atoms with Crippen LogP contribution >= 0.6 is 0 Å². The van der Waals surface area contributed by atoms with E-state index in [1.165, 1.54) is 6.20 Å². The first-order valence-corrected chi connectivity index (χ1v) is 16.1. The Hall–Kier alpha value is -2.99. The molecule has 1 aliphatic carbocycles. The summed E-state index contributed by atoms with van der Waals surface area (Å²) in [6, 6.07) is 0.137. The van der Waals surface area contributed by atoms with Gasteiger partial charge in [0, 0.05) is 24.7 Å². The molecule has 2 heterocycles. The fourth-order valence-corrected chi connectivity index (χ4v) is 5.96. The number of carbonyl (C=O) groups excluding carboxylic acids is 2. The normalized spacial score (nSPS) is 19.4. The number of benzene rings is 1. The van der Waals surface area contributed by atoms with Gasteiger partial charge in [-0.25, -0.2) is 14.0 Å². The first-order chi connectivity index (χ1) is 20.3. The monoisotopic (exact) mass is 634 g/mol. The third-order valence-corrected chi connectivity index (χ3v) is 8.91. The Bertz CT molecular complexity index is 1470. The lowest BCUT2D eigenvalue weighted by molar-refractivity contribution is 0.0145. The van der Waals surface area contributed by atoms with Gasteiger partial charge in [-0.2, -0.15) is 4.39 Å². The van der Waals surface area contributed by atoms with Crippen molar-refractivity contribution in [2.45, 2.75) is 110 Å². The fourth-order valence-electron chi connectivity index (χ4n) is 5.23. The Balaban J connectivity index is 1.71. The summed E-state index contributed by atoms with van der Waals surface area (Å²) in [5, 5.41) is -0.216. The molecule has 0 unspecified atom stereocenters. The first-order valence-electron chi connectivity index (χ1n) is 15.1. The minimum absolute atomic E-state index is 0.0380. The van der Waals surface area contributed by atoms with Crippen LogP contribution in [0.3, 0.4) is 0 Å². The molecule has 1 aromatic carbocycles. The molecule has 1 aromatic heterocycles. The number of pyridine rings is 1. The van der Waals surface area contributed by atoms with Crippen LogP contribution in [0.4, 0.5) is 13.6 Å². The molecule has 2 radical (unpaired) electrons. The minimum Gasteiger partial charge on any atom is -0.486 e. The largest absolute Gasteiger partial charge is 0.486 e. The molecule has 9 nitrogen and oxygen atoms in total. The first kappa shape index (κ1) is 33.9. The highest BCUT2D eigenvalue weighted by Gasteiger charge is 2.45. The van der Waals surface area contributed by atoms with Crippen LogP contribution in [0.1, 0.15) is 98.0 Å². The maximum atomic E-state index is 15.5. The van der Waals surface area contributed by atoms with Crippen molar-refractivity contribution >= 4 is 32.7 Å². The van der Waals surface area contributed by atoms with Crippen LogP contribution in [0.5, 0.6) is 5.75 Å². The zero-order chi connectivity index (χ0) is 32.8. The quantitative estimate of drug-likeness (QED) is 0.232. The molecule has 2 aromatic rings. The van der Waals surface area contributed by atoms with Crippen LogP contribution in [0.15, 0.2) is 17.1 Å². The number of hydrogen-bond donors (Lipinski definition) is 0. The summed E-state index contributed by atoms with van der Waals surface area (Å²) in [5.74, 6) is -3.88. The number of aromatic nitrogens is 1. The lowest BCUT2D eigenvalue weighted by atomic mass is 9.89. The average Bonchev–Trinajstić information content (AvgIpc) is 3.65. The topological polar surface area (TPSA) is 96.3 Å². The highest BCUT2D eigenvalue weighted by atomic mass is 28.2. The van der Waals surface area contributed by atoms with E-state index in [0.29, 0.717) is 13.0 Å². The van der Waals surface area contributed by atoms with Crippen LogP contribution in [0.25, 0.3) is 10.9 Å². The van der Waals surface area contributed by atoms with Gasteiger partial charge < -0.3 is 28.1 Å². The van der Waals surface area contributed by atoms with Gasteiger partial charge in [-0.3, -0.25) is 4.79 Å². The number of ether oxygens (including phenoxy) is 3. The molecule has 44 heavy (non-hydrogen) atoms. The van der Waals surface area contributed by atoms with Crippen molar-refractivity contribution in [2.24, 2.45) is 5.92 Å². The Kier molecular flexibility index (Phi) is 9.57. The van der Waals surface area contributed by atoms with E-state index in [1.807, 2.05) is 13.8 Å². The third-order valence-electron chi connectivity index (χ3n) is 7.67. The van der Waals surface area contributed by atoms with Gasteiger partial charge in [0.2, 0.25) is 21.0 Å². The number of likely N-dealkylation sites (tertiary alicyclic amines) is 1. The molecule has 242 valence electrons. The maximum Gasteiger partial charge on any atom is 0.410 e. The van der Waals surface area contributed by atoms with Gasteiger partial charge in [0.1, 0.15) is 17.8 Å². The molecule has 0 bridgehead atoms. The highest BCUT2D eigenvalue weighted by molar-refractivity contribution is 6.31. The summed E-state index contributed by atoms with van der Waals surface area (Å²) in [6.07, 6.45) is 2.75. The zero-order valence-corrected chi connectivity index (χ0v) is 28.1. The Morgan fingerprint density at radius 1 is 1.07 bits per heavy atom. The zero-order valence-electron chi connectivity index (χ0n) is 27.1. The molecule has 0 spiro atoms. The second kappa shape index (κ2) is 12.4. The van der Waals surface area contributed by atoms with Gasteiger partial charge in [-0.15, -0.1) is 0 Å². The standard InChI is InChI=1S/C32H44F2N2O7Si/c1-10-40-28(38)22-16-35(19-11-12-19)25-21(26(22)37)14-23(33)24(34)27(25)41-17-20-13-18(32(8,9)43-44-31(5,6)7)15-36(20)29(39)42-30(2,3)4/h14,16,18-20H,10-13,15,17H2,1-9H3/t18-,20+/m1/s1. The molecule has 4 rings (SSSR count). The smallest absolute Gasteiger partial charge is 0.410 e. The van der Waals surface area contributed by atoms with Crippen molar-refractivity contribution in [1.82, 2.24) is 9.47 Å². The Morgan fingerprint density at radius 2 is 1.73 bits per heavy atom. The molecule has 2 atom stereocenters. The van der Waals surface area contributed by atoms with Crippen LogP contribution in [-0.4, -0.2) is 68.3 Å². The summed E-state index contributed by atoms with van der Waals surface area (Å²) in [6.45, 7) is 17.4. The average molecular weight is 635 g/mol. The molecule has 2 aliphatic rings. The molecule has 1 saturated heterocycles. The van der Waals surface area contributed by atoms with E-state index in [-0.39, 0.29) is 56.4 Å².